The second-order valence-corrected chi connectivity index (χ2v) is 9.57. The largest absolute Gasteiger partial charge is 0.484 e. The molecule has 6 rings (SSSR count). The van der Waals surface area contributed by atoms with Gasteiger partial charge in [0.15, 0.2) is 6.61 Å². The van der Waals surface area contributed by atoms with Gasteiger partial charge in [-0.2, -0.15) is 13.2 Å². The van der Waals surface area contributed by atoms with E-state index >= 15 is 0 Å². The molecular weight excluding hydrogens is 484 g/mol. The first-order valence-corrected chi connectivity index (χ1v) is 11.1. The monoisotopic (exact) mass is 504 g/mol. The van der Waals surface area contributed by atoms with Crippen LogP contribution in [-0.4, -0.2) is 65.6 Å². The van der Waals surface area contributed by atoms with Gasteiger partial charge in [0.25, 0.3) is 5.91 Å². The van der Waals surface area contributed by atoms with E-state index in [4.69, 9.17) is 25.5 Å². The Kier molecular flexibility index (Phi) is 5.72. The Labute approximate surface area is 196 Å². The van der Waals surface area contributed by atoms with Crippen molar-refractivity contribution < 1.29 is 36.2 Å². The molecule has 1 unspecified atom stereocenters. The SMILES string of the molecule is O=C(COc1ccc(Cl)c(F)c1)NC12CC(c3nnc(C4CN(CC(F)(F)F)CCO4)o3)(C1)C2. The molecule has 0 radical (unpaired) electrons. The maximum atomic E-state index is 13.5. The highest BCUT2D eigenvalue weighted by Crippen LogP contribution is 2.67. The van der Waals surface area contributed by atoms with Crippen LogP contribution < -0.4 is 10.1 Å². The molecule has 184 valence electrons. The topological polar surface area (TPSA) is 89.7 Å². The molecule has 4 aliphatic rings. The van der Waals surface area contributed by atoms with Gasteiger partial charge in [0, 0.05) is 24.7 Å². The van der Waals surface area contributed by atoms with Crippen LogP contribution in [0.1, 0.15) is 37.1 Å². The molecule has 2 aromatic rings. The highest BCUT2D eigenvalue weighted by atomic mass is 35.5. The molecule has 1 amide bonds. The molecule has 3 aliphatic carbocycles. The lowest BCUT2D eigenvalue weighted by Gasteiger charge is -2.68. The van der Waals surface area contributed by atoms with Crippen molar-refractivity contribution >= 4 is 17.5 Å². The second kappa shape index (κ2) is 8.35. The Hall–Kier alpha value is -2.44. The third-order valence-corrected chi connectivity index (χ3v) is 6.73. The van der Waals surface area contributed by atoms with Crippen molar-refractivity contribution in [1.82, 2.24) is 20.4 Å². The maximum Gasteiger partial charge on any atom is 0.401 e. The first-order chi connectivity index (χ1) is 16.0. The minimum Gasteiger partial charge on any atom is -0.484 e. The number of alkyl halides is 3. The number of nitrogens with zero attached hydrogens (tertiary/aromatic N) is 3. The molecule has 1 aliphatic heterocycles. The Bertz CT molecular complexity index is 1080. The fourth-order valence-electron chi connectivity index (χ4n) is 5.02. The minimum absolute atomic E-state index is 0.0195. The number of halogens is 5. The standard InChI is InChI=1S/C21H21ClF4N4O4/c22-13-2-1-12(5-14(13)23)33-7-16(31)27-20-8-19(9-20,10-20)18-29-28-17(34-18)15-6-30(3-4-32-15)11-21(24,25)26/h1-2,5,15H,3-4,6-11H2,(H,27,31). The summed E-state index contributed by atoms with van der Waals surface area (Å²) in [6, 6.07) is 3.93. The van der Waals surface area contributed by atoms with Crippen LogP contribution in [0.4, 0.5) is 17.6 Å². The molecular formula is C21H21ClF4N4O4. The number of hydrogen-bond acceptors (Lipinski definition) is 7. The number of benzene rings is 1. The van der Waals surface area contributed by atoms with E-state index in [1.807, 2.05) is 0 Å². The second-order valence-electron chi connectivity index (χ2n) is 9.16. The summed E-state index contributed by atoms with van der Waals surface area (Å²) in [6.07, 6.45) is -3.19. The van der Waals surface area contributed by atoms with Gasteiger partial charge in [0.1, 0.15) is 17.7 Å². The third kappa shape index (κ3) is 4.58. The summed E-state index contributed by atoms with van der Waals surface area (Å²) < 4.78 is 68.2. The molecule has 1 N–H and O–H groups in total. The highest BCUT2D eigenvalue weighted by molar-refractivity contribution is 6.30. The van der Waals surface area contributed by atoms with Crippen molar-refractivity contribution in [3.8, 4) is 5.75 Å². The zero-order chi connectivity index (χ0) is 24.1. The number of rotatable bonds is 7. The van der Waals surface area contributed by atoms with Gasteiger partial charge in [0.2, 0.25) is 11.8 Å². The molecule has 4 fully saturated rings. The van der Waals surface area contributed by atoms with Crippen LogP contribution in [0, 0.1) is 5.82 Å². The lowest BCUT2D eigenvalue weighted by Crippen LogP contribution is -2.77. The van der Waals surface area contributed by atoms with E-state index in [1.165, 1.54) is 17.0 Å². The summed E-state index contributed by atoms with van der Waals surface area (Å²) in [5.41, 5.74) is -0.732. The van der Waals surface area contributed by atoms with Crippen LogP contribution in [0.25, 0.3) is 0 Å². The highest BCUT2D eigenvalue weighted by Gasteiger charge is 2.71. The molecule has 1 aromatic carbocycles. The first-order valence-electron chi connectivity index (χ1n) is 10.7. The number of ether oxygens (including phenoxy) is 2. The number of aromatic nitrogens is 2. The van der Waals surface area contributed by atoms with Gasteiger partial charge < -0.3 is 19.2 Å². The zero-order valence-electron chi connectivity index (χ0n) is 17.8. The van der Waals surface area contributed by atoms with Gasteiger partial charge in [-0.3, -0.25) is 9.69 Å². The van der Waals surface area contributed by atoms with E-state index in [2.05, 4.69) is 15.5 Å². The number of morpholine rings is 1. The summed E-state index contributed by atoms with van der Waals surface area (Å²) in [5.74, 6) is -0.207. The number of nitrogens with one attached hydrogen (secondary N) is 1. The lowest BCUT2D eigenvalue weighted by molar-refractivity contribution is -0.161. The van der Waals surface area contributed by atoms with Gasteiger partial charge in [0.05, 0.1) is 23.6 Å². The van der Waals surface area contributed by atoms with Gasteiger partial charge in [-0.15, -0.1) is 10.2 Å². The number of hydrogen-bond donors (Lipinski definition) is 1. The fourth-order valence-corrected chi connectivity index (χ4v) is 5.14. The predicted octanol–water partition coefficient (Wildman–Crippen LogP) is 3.17. The summed E-state index contributed by atoms with van der Waals surface area (Å²) in [4.78, 5) is 13.5. The predicted molar refractivity (Wildman–Crippen MR) is 109 cm³/mol. The summed E-state index contributed by atoms with van der Waals surface area (Å²) in [5, 5.41) is 11.0. The van der Waals surface area contributed by atoms with Crippen LogP contribution in [0.2, 0.25) is 5.02 Å². The van der Waals surface area contributed by atoms with Crippen LogP contribution in [-0.2, 0) is 14.9 Å². The number of carbonyl (C=O) groups is 1. The van der Waals surface area contributed by atoms with Crippen LogP contribution in [0.3, 0.4) is 0 Å². The average molecular weight is 505 g/mol. The van der Waals surface area contributed by atoms with Gasteiger partial charge >= 0.3 is 6.18 Å². The van der Waals surface area contributed by atoms with Crippen LogP contribution >= 0.6 is 11.6 Å². The Morgan fingerprint density at radius 1 is 1.29 bits per heavy atom. The summed E-state index contributed by atoms with van der Waals surface area (Å²) in [7, 11) is 0. The van der Waals surface area contributed by atoms with E-state index in [9.17, 15) is 22.4 Å². The average Bonchev–Trinajstić information content (AvgIpc) is 3.19. The Balaban J connectivity index is 1.12. The van der Waals surface area contributed by atoms with Crippen molar-refractivity contribution in [3.05, 3.63) is 40.8 Å². The molecule has 3 saturated carbocycles. The number of carbonyl (C=O) groups excluding carboxylic acids is 1. The smallest absolute Gasteiger partial charge is 0.401 e. The first kappa shape index (κ1) is 23.3. The maximum absolute atomic E-state index is 13.5. The van der Waals surface area contributed by atoms with E-state index in [0.29, 0.717) is 25.2 Å². The van der Waals surface area contributed by atoms with Crippen LogP contribution in [0.5, 0.6) is 5.75 Å². The molecule has 34 heavy (non-hydrogen) atoms. The van der Waals surface area contributed by atoms with Gasteiger partial charge in [-0.1, -0.05) is 11.6 Å². The zero-order valence-corrected chi connectivity index (χ0v) is 18.6. The molecule has 1 atom stereocenters. The summed E-state index contributed by atoms with van der Waals surface area (Å²) in [6.45, 7) is -0.945. The van der Waals surface area contributed by atoms with E-state index in [0.717, 1.165) is 6.07 Å². The molecule has 1 saturated heterocycles. The van der Waals surface area contributed by atoms with E-state index < -0.39 is 24.6 Å². The van der Waals surface area contributed by atoms with Crippen molar-refractivity contribution in [2.24, 2.45) is 0 Å². The minimum atomic E-state index is -4.29. The van der Waals surface area contributed by atoms with Crippen molar-refractivity contribution in [2.45, 2.75) is 42.5 Å². The normalized spacial score (nSPS) is 28.7. The molecule has 1 aromatic heterocycles. The third-order valence-electron chi connectivity index (χ3n) is 6.42. The molecule has 0 spiro atoms. The number of amides is 1. The molecule has 2 heterocycles. The molecule has 8 nitrogen and oxygen atoms in total. The van der Waals surface area contributed by atoms with Crippen molar-refractivity contribution in [1.29, 1.82) is 0 Å². The van der Waals surface area contributed by atoms with E-state index in [-0.39, 0.29) is 59.8 Å². The van der Waals surface area contributed by atoms with Crippen LogP contribution in [0.15, 0.2) is 22.6 Å². The lowest BCUT2D eigenvalue weighted by atomic mass is 9.39. The van der Waals surface area contributed by atoms with Gasteiger partial charge in [-0.05, 0) is 31.4 Å². The van der Waals surface area contributed by atoms with Gasteiger partial charge in [-0.25, -0.2) is 4.39 Å². The van der Waals surface area contributed by atoms with Crippen molar-refractivity contribution in [3.63, 3.8) is 0 Å². The Morgan fingerprint density at radius 2 is 2.06 bits per heavy atom. The molecule has 2 bridgehead atoms. The van der Waals surface area contributed by atoms with Crippen molar-refractivity contribution in [2.75, 3.05) is 32.8 Å². The summed E-state index contributed by atoms with van der Waals surface area (Å²) >= 11 is 5.62. The quantitative estimate of drug-likeness (QED) is 0.579. The fraction of sp³-hybridized carbons (Fsp3) is 0.571. The molecule has 13 heteroatoms. The Morgan fingerprint density at radius 3 is 2.76 bits per heavy atom. The van der Waals surface area contributed by atoms with E-state index in [1.54, 1.807) is 0 Å².